The van der Waals surface area contributed by atoms with Gasteiger partial charge in [0, 0.05) is 35.1 Å². The average molecular weight is 466 g/mol. The predicted octanol–water partition coefficient (Wildman–Crippen LogP) is 4.61. The topological polar surface area (TPSA) is 110 Å². The van der Waals surface area contributed by atoms with Crippen molar-refractivity contribution in [3.8, 4) is 0 Å². The molecule has 3 aromatic carbocycles. The SMILES string of the molecule is Cc1ccc2c(c1)CCCN2C(=O)c1ccc(NS(=O)(=O)c2ccc(C)c([N+](=O)[O-])c2)cc1. The Hall–Kier alpha value is -3.72. The molecule has 0 spiro atoms. The van der Waals surface area contributed by atoms with Crippen LogP contribution in [0.5, 0.6) is 0 Å². The van der Waals surface area contributed by atoms with E-state index in [1.165, 1.54) is 24.3 Å². The molecule has 0 aromatic heterocycles. The summed E-state index contributed by atoms with van der Waals surface area (Å²) in [7, 11) is -4.03. The van der Waals surface area contributed by atoms with Gasteiger partial charge < -0.3 is 4.90 Å². The highest BCUT2D eigenvalue weighted by Gasteiger charge is 2.24. The quantitative estimate of drug-likeness (QED) is 0.437. The second-order valence-corrected chi connectivity index (χ2v) is 9.76. The van der Waals surface area contributed by atoms with Crippen LogP contribution in [-0.4, -0.2) is 25.8 Å². The number of benzene rings is 3. The summed E-state index contributed by atoms with van der Waals surface area (Å²) in [6.07, 6.45) is 1.81. The van der Waals surface area contributed by atoms with Crippen molar-refractivity contribution in [3.05, 3.63) is 93.0 Å². The molecule has 1 amide bonds. The van der Waals surface area contributed by atoms with E-state index < -0.39 is 14.9 Å². The third-order valence-electron chi connectivity index (χ3n) is 5.67. The van der Waals surface area contributed by atoms with Gasteiger partial charge in [0.15, 0.2) is 0 Å². The number of rotatable bonds is 5. The number of anilines is 2. The zero-order chi connectivity index (χ0) is 23.8. The Balaban J connectivity index is 1.54. The summed E-state index contributed by atoms with van der Waals surface area (Å²) in [6.45, 7) is 4.19. The molecule has 170 valence electrons. The lowest BCUT2D eigenvalue weighted by Gasteiger charge is -2.30. The molecule has 0 atom stereocenters. The van der Waals surface area contributed by atoms with E-state index in [0.717, 1.165) is 35.7 Å². The van der Waals surface area contributed by atoms with E-state index in [9.17, 15) is 23.3 Å². The molecular formula is C24H23N3O5S. The van der Waals surface area contributed by atoms with Gasteiger partial charge in [-0.25, -0.2) is 8.42 Å². The Morgan fingerprint density at radius 2 is 1.76 bits per heavy atom. The van der Waals surface area contributed by atoms with Crippen LogP contribution in [0.25, 0.3) is 0 Å². The number of carbonyl (C=O) groups is 1. The predicted molar refractivity (Wildman–Crippen MR) is 126 cm³/mol. The van der Waals surface area contributed by atoms with E-state index >= 15 is 0 Å². The van der Waals surface area contributed by atoms with E-state index in [1.807, 2.05) is 19.1 Å². The summed E-state index contributed by atoms with van der Waals surface area (Å²) in [5.41, 5.74) is 4.00. The summed E-state index contributed by atoms with van der Waals surface area (Å²) in [5, 5.41) is 11.1. The first-order valence-electron chi connectivity index (χ1n) is 10.4. The van der Waals surface area contributed by atoms with Crippen LogP contribution in [0, 0.1) is 24.0 Å². The Bertz CT molecular complexity index is 1350. The number of sulfonamides is 1. The van der Waals surface area contributed by atoms with Gasteiger partial charge in [-0.05, 0) is 68.7 Å². The zero-order valence-electron chi connectivity index (χ0n) is 18.2. The van der Waals surface area contributed by atoms with E-state index in [0.29, 0.717) is 17.7 Å². The fourth-order valence-corrected chi connectivity index (χ4v) is 5.02. The van der Waals surface area contributed by atoms with Crippen molar-refractivity contribution in [2.45, 2.75) is 31.6 Å². The molecule has 3 aromatic rings. The van der Waals surface area contributed by atoms with Gasteiger partial charge in [-0.2, -0.15) is 0 Å². The van der Waals surface area contributed by atoms with Crippen molar-refractivity contribution in [3.63, 3.8) is 0 Å². The third kappa shape index (κ3) is 4.58. The Kier molecular flexibility index (Phi) is 5.90. The van der Waals surface area contributed by atoms with Crippen molar-refractivity contribution < 1.29 is 18.1 Å². The lowest BCUT2D eigenvalue weighted by atomic mass is 9.99. The number of nitrogens with zero attached hydrogens (tertiary/aromatic N) is 2. The molecular weight excluding hydrogens is 442 g/mol. The minimum atomic E-state index is -4.03. The van der Waals surface area contributed by atoms with Crippen LogP contribution in [0.2, 0.25) is 0 Å². The fourth-order valence-electron chi connectivity index (χ4n) is 3.94. The first kappa shape index (κ1) is 22.5. The van der Waals surface area contributed by atoms with Crippen LogP contribution >= 0.6 is 0 Å². The second kappa shape index (κ2) is 8.67. The van der Waals surface area contributed by atoms with Crippen molar-refractivity contribution in [1.82, 2.24) is 0 Å². The van der Waals surface area contributed by atoms with Crippen molar-refractivity contribution in [2.75, 3.05) is 16.2 Å². The smallest absolute Gasteiger partial charge is 0.273 e. The molecule has 1 aliphatic heterocycles. The molecule has 0 saturated carbocycles. The van der Waals surface area contributed by atoms with Crippen LogP contribution in [0.15, 0.2) is 65.6 Å². The summed E-state index contributed by atoms with van der Waals surface area (Å²) in [4.78, 5) is 25.2. The summed E-state index contributed by atoms with van der Waals surface area (Å²) >= 11 is 0. The van der Waals surface area contributed by atoms with Gasteiger partial charge in [0.2, 0.25) is 0 Å². The van der Waals surface area contributed by atoms with E-state index in [-0.39, 0.29) is 22.2 Å². The Labute approximate surface area is 192 Å². The number of carbonyl (C=O) groups excluding carboxylic acids is 1. The van der Waals surface area contributed by atoms with Gasteiger partial charge in [-0.15, -0.1) is 0 Å². The Morgan fingerprint density at radius 1 is 1.03 bits per heavy atom. The van der Waals surface area contributed by atoms with Crippen LogP contribution < -0.4 is 9.62 Å². The van der Waals surface area contributed by atoms with Gasteiger partial charge in [0.25, 0.3) is 21.6 Å². The van der Waals surface area contributed by atoms with Crippen molar-refractivity contribution >= 4 is 33.0 Å². The van der Waals surface area contributed by atoms with Crippen molar-refractivity contribution in [1.29, 1.82) is 0 Å². The van der Waals surface area contributed by atoms with Gasteiger partial charge in [-0.3, -0.25) is 19.6 Å². The van der Waals surface area contributed by atoms with E-state index in [2.05, 4.69) is 10.8 Å². The molecule has 0 bridgehead atoms. The molecule has 1 heterocycles. The zero-order valence-corrected chi connectivity index (χ0v) is 19.1. The lowest BCUT2D eigenvalue weighted by molar-refractivity contribution is -0.385. The second-order valence-electron chi connectivity index (χ2n) is 8.08. The van der Waals surface area contributed by atoms with Gasteiger partial charge >= 0.3 is 0 Å². The Morgan fingerprint density at radius 3 is 2.45 bits per heavy atom. The number of hydrogen-bond donors (Lipinski definition) is 1. The van der Waals surface area contributed by atoms with Gasteiger partial charge in [-0.1, -0.05) is 23.8 Å². The monoisotopic (exact) mass is 465 g/mol. The fraction of sp³-hybridized carbons (Fsp3) is 0.208. The van der Waals surface area contributed by atoms with Crippen LogP contribution in [-0.2, 0) is 16.4 Å². The van der Waals surface area contributed by atoms with Gasteiger partial charge in [0.05, 0.1) is 9.82 Å². The first-order chi connectivity index (χ1) is 15.7. The number of fused-ring (bicyclic) bond motifs is 1. The molecule has 9 heteroatoms. The maximum absolute atomic E-state index is 13.1. The highest BCUT2D eigenvalue weighted by atomic mass is 32.2. The molecule has 8 nitrogen and oxygen atoms in total. The summed E-state index contributed by atoms with van der Waals surface area (Å²) < 4.78 is 27.8. The summed E-state index contributed by atoms with van der Waals surface area (Å²) in [6, 6.07) is 15.9. The molecule has 0 unspecified atom stereocenters. The largest absolute Gasteiger partial charge is 0.308 e. The molecule has 0 fully saturated rings. The molecule has 4 rings (SSSR count). The van der Waals surface area contributed by atoms with Crippen molar-refractivity contribution in [2.24, 2.45) is 0 Å². The number of nitro groups is 1. The molecule has 0 aliphatic carbocycles. The average Bonchev–Trinajstić information content (AvgIpc) is 2.78. The maximum atomic E-state index is 13.1. The standard InChI is InChI=1S/C24H23N3O5S/c1-16-5-12-22-19(14-16)4-3-13-26(22)24(28)18-7-9-20(10-8-18)25-33(31,32)21-11-6-17(2)23(15-21)27(29)30/h5-12,14-15,25H,3-4,13H2,1-2H3. The maximum Gasteiger partial charge on any atom is 0.273 e. The molecule has 1 aliphatic rings. The number of amides is 1. The summed E-state index contributed by atoms with van der Waals surface area (Å²) in [5.74, 6) is -0.150. The lowest BCUT2D eigenvalue weighted by Crippen LogP contribution is -2.35. The highest BCUT2D eigenvalue weighted by molar-refractivity contribution is 7.92. The van der Waals surface area contributed by atoms with Gasteiger partial charge in [0.1, 0.15) is 0 Å². The van der Waals surface area contributed by atoms with Crippen LogP contribution in [0.3, 0.4) is 0 Å². The molecule has 1 N–H and O–H groups in total. The van der Waals surface area contributed by atoms with Crippen LogP contribution in [0.1, 0.15) is 33.5 Å². The minimum absolute atomic E-state index is 0.150. The van der Waals surface area contributed by atoms with E-state index in [4.69, 9.17) is 0 Å². The van der Waals surface area contributed by atoms with Crippen LogP contribution in [0.4, 0.5) is 17.1 Å². The normalized spacial score (nSPS) is 13.3. The first-order valence-corrected chi connectivity index (χ1v) is 11.9. The van der Waals surface area contributed by atoms with E-state index in [1.54, 1.807) is 24.0 Å². The number of nitro benzene ring substituents is 1. The highest BCUT2D eigenvalue weighted by Crippen LogP contribution is 2.30. The number of aryl methyl sites for hydroxylation is 3. The molecule has 0 saturated heterocycles. The number of nitrogens with one attached hydrogen (secondary N) is 1. The molecule has 0 radical (unpaired) electrons. The molecule has 33 heavy (non-hydrogen) atoms. The number of hydrogen-bond acceptors (Lipinski definition) is 5. The third-order valence-corrected chi connectivity index (χ3v) is 7.05. The minimum Gasteiger partial charge on any atom is -0.308 e.